The van der Waals surface area contributed by atoms with Crippen LogP contribution in [0.3, 0.4) is 0 Å². The van der Waals surface area contributed by atoms with Gasteiger partial charge in [0.1, 0.15) is 12.1 Å². The largest absolute Gasteiger partial charge is 0.298 e. The highest BCUT2D eigenvalue weighted by molar-refractivity contribution is 7.99. The molecule has 0 unspecified atom stereocenters. The first-order valence-electron chi connectivity index (χ1n) is 4.76. The van der Waals surface area contributed by atoms with E-state index in [0.717, 1.165) is 9.79 Å². The van der Waals surface area contributed by atoms with E-state index in [1.54, 1.807) is 6.07 Å². The molecule has 0 aliphatic rings. The molecule has 1 nitrogen and oxygen atoms in total. The number of hydrogen-bond donors (Lipinski definition) is 0. The van der Waals surface area contributed by atoms with Gasteiger partial charge in [0, 0.05) is 15.4 Å². The van der Waals surface area contributed by atoms with E-state index in [-0.39, 0.29) is 5.82 Å². The Hall–Kier alpha value is -1.61. The summed E-state index contributed by atoms with van der Waals surface area (Å²) in [7, 11) is 0. The third kappa shape index (κ3) is 2.70. The molecule has 0 saturated heterocycles. The number of rotatable bonds is 3. The third-order valence-electron chi connectivity index (χ3n) is 2.01. The second-order valence-corrected chi connectivity index (χ2v) is 4.40. The van der Waals surface area contributed by atoms with Gasteiger partial charge >= 0.3 is 0 Å². The molecule has 0 amide bonds. The van der Waals surface area contributed by atoms with Crippen LogP contribution in [0.15, 0.2) is 58.3 Å². The number of hydrogen-bond acceptors (Lipinski definition) is 2. The predicted octanol–water partition coefficient (Wildman–Crippen LogP) is 3.79. The van der Waals surface area contributed by atoms with Crippen LogP contribution in [0.1, 0.15) is 10.4 Å². The summed E-state index contributed by atoms with van der Waals surface area (Å²) < 4.78 is 13.1. The minimum atomic E-state index is -0.386. The van der Waals surface area contributed by atoms with E-state index < -0.39 is 0 Å². The predicted molar refractivity (Wildman–Crippen MR) is 62.4 cm³/mol. The SMILES string of the molecule is O=Cc1cc(F)cc(Sc2ccccc2)c1. The summed E-state index contributed by atoms with van der Waals surface area (Å²) in [5.74, 6) is -0.386. The first-order chi connectivity index (χ1) is 7.78. The first kappa shape index (κ1) is 10.9. The van der Waals surface area contributed by atoms with Crippen molar-refractivity contribution in [3.63, 3.8) is 0 Å². The van der Waals surface area contributed by atoms with Crippen molar-refractivity contribution in [3.05, 3.63) is 59.9 Å². The lowest BCUT2D eigenvalue weighted by molar-refractivity contribution is 0.112. The lowest BCUT2D eigenvalue weighted by Crippen LogP contribution is -1.84. The lowest BCUT2D eigenvalue weighted by Gasteiger charge is -2.02. The highest BCUT2D eigenvalue weighted by Gasteiger charge is 2.02. The fourth-order valence-electron chi connectivity index (χ4n) is 1.34. The van der Waals surface area contributed by atoms with Crippen LogP contribution in [-0.2, 0) is 0 Å². The summed E-state index contributed by atoms with van der Waals surface area (Å²) in [5, 5.41) is 0. The lowest BCUT2D eigenvalue weighted by atomic mass is 10.2. The maximum Gasteiger partial charge on any atom is 0.150 e. The Kier molecular flexibility index (Phi) is 3.37. The fourth-order valence-corrected chi connectivity index (χ4v) is 2.27. The highest BCUT2D eigenvalue weighted by Crippen LogP contribution is 2.28. The van der Waals surface area contributed by atoms with Crippen molar-refractivity contribution in [1.82, 2.24) is 0 Å². The zero-order chi connectivity index (χ0) is 11.4. The maximum atomic E-state index is 13.1. The van der Waals surface area contributed by atoms with Crippen LogP contribution in [0.25, 0.3) is 0 Å². The molecule has 0 spiro atoms. The number of benzene rings is 2. The summed E-state index contributed by atoms with van der Waals surface area (Å²) in [6.45, 7) is 0. The third-order valence-corrected chi connectivity index (χ3v) is 2.99. The minimum Gasteiger partial charge on any atom is -0.298 e. The molecule has 16 heavy (non-hydrogen) atoms. The van der Waals surface area contributed by atoms with Gasteiger partial charge in [0.2, 0.25) is 0 Å². The van der Waals surface area contributed by atoms with Crippen molar-refractivity contribution in [2.75, 3.05) is 0 Å². The van der Waals surface area contributed by atoms with Crippen molar-refractivity contribution >= 4 is 18.0 Å². The Morgan fingerprint density at radius 3 is 2.44 bits per heavy atom. The maximum absolute atomic E-state index is 13.1. The summed E-state index contributed by atoms with van der Waals surface area (Å²) in [5.41, 5.74) is 0.360. The molecular weight excluding hydrogens is 223 g/mol. The standard InChI is InChI=1S/C13H9FOS/c14-11-6-10(9-15)7-13(8-11)16-12-4-2-1-3-5-12/h1-9H. The zero-order valence-electron chi connectivity index (χ0n) is 8.39. The highest BCUT2D eigenvalue weighted by atomic mass is 32.2. The van der Waals surface area contributed by atoms with Crippen LogP contribution < -0.4 is 0 Å². The van der Waals surface area contributed by atoms with Gasteiger partial charge in [0.05, 0.1) is 0 Å². The second-order valence-electron chi connectivity index (χ2n) is 3.25. The molecule has 80 valence electrons. The van der Waals surface area contributed by atoms with Gasteiger partial charge in [-0.05, 0) is 30.3 Å². The van der Waals surface area contributed by atoms with Crippen LogP contribution >= 0.6 is 11.8 Å². The smallest absolute Gasteiger partial charge is 0.150 e. The van der Waals surface area contributed by atoms with Gasteiger partial charge in [-0.3, -0.25) is 4.79 Å². The summed E-state index contributed by atoms with van der Waals surface area (Å²) >= 11 is 1.43. The van der Waals surface area contributed by atoms with E-state index in [9.17, 15) is 9.18 Å². The molecule has 3 heteroatoms. The monoisotopic (exact) mass is 232 g/mol. The van der Waals surface area contributed by atoms with Gasteiger partial charge in [-0.1, -0.05) is 30.0 Å². The summed E-state index contributed by atoms with van der Waals surface area (Å²) in [6, 6.07) is 14.0. The Labute approximate surface area is 97.3 Å². The fraction of sp³-hybridized carbons (Fsp3) is 0. The number of carbonyl (C=O) groups excluding carboxylic acids is 1. The van der Waals surface area contributed by atoms with Gasteiger partial charge in [-0.2, -0.15) is 0 Å². The average molecular weight is 232 g/mol. The number of aldehydes is 1. The van der Waals surface area contributed by atoms with E-state index in [1.165, 1.54) is 23.9 Å². The Morgan fingerprint density at radius 2 is 1.75 bits per heavy atom. The van der Waals surface area contributed by atoms with E-state index in [4.69, 9.17) is 0 Å². The Bertz CT molecular complexity index is 497. The average Bonchev–Trinajstić information content (AvgIpc) is 2.29. The number of carbonyl (C=O) groups is 1. The molecule has 2 rings (SSSR count). The molecule has 0 fully saturated rings. The topological polar surface area (TPSA) is 17.1 Å². The molecule has 0 aromatic heterocycles. The van der Waals surface area contributed by atoms with Crippen molar-refractivity contribution < 1.29 is 9.18 Å². The minimum absolute atomic E-state index is 0.360. The quantitative estimate of drug-likeness (QED) is 0.749. The van der Waals surface area contributed by atoms with Crippen molar-refractivity contribution in [2.45, 2.75) is 9.79 Å². The molecule has 0 aliphatic carbocycles. The molecule has 0 bridgehead atoms. The number of halogens is 1. The molecule has 0 N–H and O–H groups in total. The summed E-state index contributed by atoms with van der Waals surface area (Å²) in [4.78, 5) is 12.3. The van der Waals surface area contributed by atoms with Gasteiger partial charge in [0.25, 0.3) is 0 Å². The van der Waals surface area contributed by atoms with Gasteiger partial charge < -0.3 is 0 Å². The molecular formula is C13H9FOS. The van der Waals surface area contributed by atoms with Crippen LogP contribution in [0.5, 0.6) is 0 Å². The second kappa shape index (κ2) is 4.94. The van der Waals surface area contributed by atoms with Crippen LogP contribution in [-0.4, -0.2) is 6.29 Å². The Balaban J connectivity index is 2.28. The molecule has 0 atom stereocenters. The molecule has 0 heterocycles. The van der Waals surface area contributed by atoms with Crippen LogP contribution in [0.4, 0.5) is 4.39 Å². The van der Waals surface area contributed by atoms with E-state index in [0.29, 0.717) is 11.8 Å². The molecule has 2 aromatic carbocycles. The first-order valence-corrected chi connectivity index (χ1v) is 5.58. The zero-order valence-corrected chi connectivity index (χ0v) is 9.21. The van der Waals surface area contributed by atoms with E-state index >= 15 is 0 Å². The van der Waals surface area contributed by atoms with E-state index in [2.05, 4.69) is 0 Å². The Morgan fingerprint density at radius 1 is 1.00 bits per heavy atom. The van der Waals surface area contributed by atoms with Crippen molar-refractivity contribution in [3.8, 4) is 0 Å². The van der Waals surface area contributed by atoms with Crippen molar-refractivity contribution in [2.24, 2.45) is 0 Å². The molecule has 2 aromatic rings. The van der Waals surface area contributed by atoms with Crippen LogP contribution in [0, 0.1) is 5.82 Å². The van der Waals surface area contributed by atoms with Gasteiger partial charge in [-0.15, -0.1) is 0 Å². The van der Waals surface area contributed by atoms with Gasteiger partial charge in [-0.25, -0.2) is 4.39 Å². The van der Waals surface area contributed by atoms with E-state index in [1.807, 2.05) is 30.3 Å². The van der Waals surface area contributed by atoms with Crippen molar-refractivity contribution in [1.29, 1.82) is 0 Å². The summed E-state index contributed by atoms with van der Waals surface area (Å²) in [6.07, 6.45) is 0.651. The normalized spacial score (nSPS) is 10.1. The molecule has 0 aliphatic heterocycles. The van der Waals surface area contributed by atoms with Gasteiger partial charge in [0.15, 0.2) is 0 Å². The molecule has 0 saturated carbocycles. The van der Waals surface area contributed by atoms with Crippen LogP contribution in [0.2, 0.25) is 0 Å². The molecule has 0 radical (unpaired) electrons.